The second-order valence-electron chi connectivity index (χ2n) is 3.59. The average molecular weight is 267 g/mol. The fraction of sp³-hybridized carbons (Fsp3) is 0.300. The molecule has 9 nitrogen and oxygen atoms in total. The number of hydrogen-bond donors (Lipinski definition) is 0. The van der Waals surface area contributed by atoms with E-state index in [0.717, 1.165) is 11.0 Å². The molecule has 0 bridgehead atoms. The molecule has 100 valence electrons. The normalized spacial score (nSPS) is 13.5. The lowest BCUT2D eigenvalue weighted by Crippen LogP contribution is -2.42. The van der Waals surface area contributed by atoms with Gasteiger partial charge in [-0.3, -0.25) is 14.5 Å². The van der Waals surface area contributed by atoms with Crippen molar-refractivity contribution in [3.63, 3.8) is 0 Å². The van der Waals surface area contributed by atoms with Crippen LogP contribution in [0, 0.1) is 10.1 Å². The van der Waals surface area contributed by atoms with Crippen molar-refractivity contribution < 1.29 is 24.0 Å². The molecule has 1 aliphatic rings. The summed E-state index contributed by atoms with van der Waals surface area (Å²) in [6.45, 7) is -0.636. The first kappa shape index (κ1) is 12.7. The Balaban J connectivity index is 2.41. The van der Waals surface area contributed by atoms with Gasteiger partial charge in [0, 0.05) is 6.07 Å². The Morgan fingerprint density at radius 2 is 2.37 bits per heavy atom. The zero-order valence-corrected chi connectivity index (χ0v) is 9.86. The van der Waals surface area contributed by atoms with Crippen LogP contribution in [0.4, 0.5) is 11.6 Å². The Hall–Kier alpha value is -2.71. The summed E-state index contributed by atoms with van der Waals surface area (Å²) in [5.41, 5.74) is 0. The van der Waals surface area contributed by atoms with Crippen molar-refractivity contribution in [2.24, 2.45) is 0 Å². The summed E-state index contributed by atoms with van der Waals surface area (Å²) in [5.74, 6) is -1.47. The first-order valence-electron chi connectivity index (χ1n) is 5.18. The molecule has 0 spiro atoms. The maximum atomic E-state index is 11.7. The molecule has 0 atom stereocenters. The van der Waals surface area contributed by atoms with Crippen LogP contribution in [-0.2, 0) is 14.3 Å². The molecule has 9 heteroatoms. The molecule has 2 rings (SSSR count). The maximum Gasteiger partial charge on any atom is 0.366 e. The molecule has 1 aromatic heterocycles. The first-order chi connectivity index (χ1) is 9.02. The summed E-state index contributed by atoms with van der Waals surface area (Å²) >= 11 is 0. The number of carbonyl (C=O) groups is 2. The number of hydrogen-bond acceptors (Lipinski definition) is 7. The maximum absolute atomic E-state index is 11.7. The number of anilines is 1. The second-order valence-corrected chi connectivity index (χ2v) is 3.59. The van der Waals surface area contributed by atoms with Gasteiger partial charge in [-0.2, -0.15) is 0 Å². The van der Waals surface area contributed by atoms with E-state index in [4.69, 9.17) is 4.74 Å². The van der Waals surface area contributed by atoms with Crippen molar-refractivity contribution in [3.05, 3.63) is 22.2 Å². The van der Waals surface area contributed by atoms with E-state index in [0.29, 0.717) is 0 Å². The number of rotatable bonds is 3. The van der Waals surface area contributed by atoms with E-state index in [9.17, 15) is 19.7 Å². The molecule has 0 fully saturated rings. The lowest BCUT2D eigenvalue weighted by molar-refractivity contribution is -0.389. The zero-order chi connectivity index (χ0) is 14.0. The molecule has 1 aromatic rings. The van der Waals surface area contributed by atoms with Gasteiger partial charge in [-0.1, -0.05) is 0 Å². The molecular weight excluding hydrogens is 258 g/mol. The molecule has 0 N–H and O–H groups in total. The minimum Gasteiger partial charge on any atom is -0.477 e. The molecule has 0 saturated carbocycles. The number of nitro groups is 1. The van der Waals surface area contributed by atoms with E-state index >= 15 is 0 Å². The van der Waals surface area contributed by atoms with Crippen LogP contribution in [0.25, 0.3) is 0 Å². The van der Waals surface area contributed by atoms with E-state index < -0.39 is 22.6 Å². The third-order valence-corrected chi connectivity index (χ3v) is 2.43. The number of fused-ring (bicyclic) bond motifs is 1. The minimum atomic E-state index is -0.699. The summed E-state index contributed by atoms with van der Waals surface area (Å²) in [4.78, 5) is 37.6. The smallest absolute Gasteiger partial charge is 0.366 e. The van der Waals surface area contributed by atoms with Crippen LogP contribution in [0.1, 0.15) is 0 Å². The number of amides is 1. The van der Waals surface area contributed by atoms with Crippen molar-refractivity contribution in [2.75, 3.05) is 25.2 Å². The molecule has 0 aromatic carbocycles. The molecule has 1 amide bonds. The Labute approximate surface area is 106 Å². The monoisotopic (exact) mass is 267 g/mol. The van der Waals surface area contributed by atoms with Gasteiger partial charge >= 0.3 is 11.8 Å². The second kappa shape index (κ2) is 4.88. The van der Waals surface area contributed by atoms with E-state index in [1.165, 1.54) is 13.2 Å². The van der Waals surface area contributed by atoms with Gasteiger partial charge in [-0.25, -0.2) is 0 Å². The van der Waals surface area contributed by atoms with Gasteiger partial charge in [-0.15, -0.1) is 0 Å². The van der Waals surface area contributed by atoms with Crippen LogP contribution in [0.5, 0.6) is 5.75 Å². The van der Waals surface area contributed by atoms with E-state index in [1.54, 1.807) is 0 Å². The van der Waals surface area contributed by atoms with Gasteiger partial charge < -0.3 is 19.6 Å². The van der Waals surface area contributed by atoms with Gasteiger partial charge in [-0.05, 0) is 16.0 Å². The summed E-state index contributed by atoms with van der Waals surface area (Å²) in [7, 11) is 1.18. The molecule has 1 aliphatic heterocycles. The fourth-order valence-electron chi connectivity index (χ4n) is 1.53. The van der Waals surface area contributed by atoms with Crippen LogP contribution in [0.15, 0.2) is 12.1 Å². The van der Waals surface area contributed by atoms with Gasteiger partial charge in [0.2, 0.25) is 0 Å². The molecule has 2 heterocycles. The number of ether oxygens (including phenoxy) is 2. The van der Waals surface area contributed by atoms with E-state index in [2.05, 4.69) is 9.72 Å². The molecular formula is C10H9N3O6. The summed E-state index contributed by atoms with van der Waals surface area (Å²) in [6, 6.07) is 2.49. The van der Waals surface area contributed by atoms with E-state index in [-0.39, 0.29) is 24.7 Å². The summed E-state index contributed by atoms with van der Waals surface area (Å²) in [5, 5.41) is 10.7. The average Bonchev–Trinajstić information content (AvgIpc) is 2.41. The zero-order valence-electron chi connectivity index (χ0n) is 9.86. The molecule has 0 unspecified atom stereocenters. The van der Waals surface area contributed by atoms with Crippen molar-refractivity contribution in [3.8, 4) is 5.75 Å². The summed E-state index contributed by atoms with van der Waals surface area (Å²) in [6.07, 6.45) is 0. The first-order valence-corrected chi connectivity index (χ1v) is 5.18. The highest BCUT2D eigenvalue weighted by atomic mass is 16.6. The van der Waals surface area contributed by atoms with Gasteiger partial charge in [0.05, 0.1) is 7.11 Å². The van der Waals surface area contributed by atoms with E-state index in [1.807, 2.05) is 0 Å². The fourth-order valence-corrected chi connectivity index (χ4v) is 1.53. The largest absolute Gasteiger partial charge is 0.477 e. The van der Waals surface area contributed by atoms with Crippen molar-refractivity contribution in [2.45, 2.75) is 0 Å². The predicted octanol–water partition coefficient (Wildman–Crippen LogP) is -0.112. The minimum absolute atomic E-state index is 0.0594. The highest BCUT2D eigenvalue weighted by Crippen LogP contribution is 2.31. The Kier molecular flexibility index (Phi) is 3.27. The molecule has 0 radical (unpaired) electrons. The molecule has 0 saturated heterocycles. The highest BCUT2D eigenvalue weighted by molar-refractivity contribution is 6.00. The number of esters is 1. The van der Waals surface area contributed by atoms with Crippen LogP contribution >= 0.6 is 0 Å². The number of carbonyl (C=O) groups excluding carboxylic acids is 2. The topological polar surface area (TPSA) is 112 Å². The lowest BCUT2D eigenvalue weighted by Gasteiger charge is -2.24. The van der Waals surface area contributed by atoms with Crippen LogP contribution < -0.4 is 9.64 Å². The third-order valence-electron chi connectivity index (χ3n) is 2.43. The van der Waals surface area contributed by atoms with Crippen molar-refractivity contribution in [1.29, 1.82) is 0 Å². The van der Waals surface area contributed by atoms with Crippen LogP contribution in [0.3, 0.4) is 0 Å². The van der Waals surface area contributed by atoms with Crippen molar-refractivity contribution in [1.82, 2.24) is 4.98 Å². The third kappa shape index (κ3) is 2.44. The quantitative estimate of drug-likeness (QED) is 0.426. The number of pyridine rings is 1. The molecule has 19 heavy (non-hydrogen) atoms. The van der Waals surface area contributed by atoms with Gasteiger partial charge in [0.25, 0.3) is 11.7 Å². The van der Waals surface area contributed by atoms with Crippen LogP contribution in [-0.4, -0.2) is 42.0 Å². The highest BCUT2D eigenvalue weighted by Gasteiger charge is 2.33. The lowest BCUT2D eigenvalue weighted by atomic mass is 10.3. The predicted molar refractivity (Wildman–Crippen MR) is 60.8 cm³/mol. The Bertz CT molecular complexity index is 558. The van der Waals surface area contributed by atoms with Gasteiger partial charge in [0.15, 0.2) is 12.4 Å². The summed E-state index contributed by atoms with van der Waals surface area (Å²) < 4.78 is 9.55. The van der Waals surface area contributed by atoms with Crippen molar-refractivity contribution >= 4 is 23.5 Å². The number of nitrogens with zero attached hydrogens (tertiary/aromatic N) is 3. The van der Waals surface area contributed by atoms with Gasteiger partial charge in [0.1, 0.15) is 6.54 Å². The van der Waals surface area contributed by atoms with Crippen LogP contribution in [0.2, 0.25) is 0 Å². The standard InChI is InChI=1S/C10H9N3O6/c1-18-9(15)4-12-8(14)5-19-6-2-3-7(13(16)17)11-10(6)12/h2-3H,4-5H2,1H3. The Morgan fingerprint density at radius 3 is 3.00 bits per heavy atom. The Morgan fingerprint density at radius 1 is 1.63 bits per heavy atom. The number of methoxy groups -OCH3 is 1. The molecule has 0 aliphatic carbocycles. The SMILES string of the molecule is COC(=O)CN1C(=O)COc2ccc([N+](=O)[O-])nc21. The number of aromatic nitrogens is 1.